The Morgan fingerprint density at radius 3 is 2.47 bits per heavy atom. The molecule has 0 aliphatic carbocycles. The minimum absolute atomic E-state index is 0.255. The molecule has 0 saturated carbocycles. The van der Waals surface area contributed by atoms with Crippen molar-refractivity contribution in [3.63, 3.8) is 0 Å². The highest BCUT2D eigenvalue weighted by molar-refractivity contribution is 9.10. The van der Waals surface area contributed by atoms with Crippen molar-refractivity contribution < 1.29 is 0 Å². The number of hydrogen-bond donors (Lipinski definition) is 1. The van der Waals surface area contributed by atoms with E-state index in [4.69, 9.17) is 5.73 Å². The van der Waals surface area contributed by atoms with Gasteiger partial charge < -0.3 is 15.2 Å². The topological polar surface area (TPSA) is 50.3 Å². The second kappa shape index (κ2) is 5.48. The zero-order valence-corrected chi connectivity index (χ0v) is 12.0. The summed E-state index contributed by atoms with van der Waals surface area (Å²) in [5, 5.41) is 0. The number of likely N-dealkylation sites (N-methyl/N-ethyl adjacent to an activating group) is 1. The van der Waals surface area contributed by atoms with Gasteiger partial charge in [-0.15, -0.1) is 0 Å². The second-order valence-corrected chi connectivity index (χ2v) is 5.37. The van der Waals surface area contributed by atoms with Crippen molar-refractivity contribution in [2.24, 2.45) is 12.8 Å². The summed E-state index contributed by atoms with van der Waals surface area (Å²) >= 11 is 3.51. The normalized spacial score (nSPS) is 20.7. The summed E-state index contributed by atoms with van der Waals surface area (Å²) < 4.78 is 2.97. The van der Waals surface area contributed by atoms with Crippen LogP contribution in [0.1, 0.15) is 11.7 Å². The van der Waals surface area contributed by atoms with Gasteiger partial charge in [-0.3, -0.25) is 4.90 Å². The molecule has 0 radical (unpaired) electrons. The Labute approximate surface area is 111 Å². The molecule has 6 heteroatoms. The molecule has 1 unspecified atom stereocenters. The Balaban J connectivity index is 2.16. The molecular weight excluding hydrogens is 282 g/mol. The maximum atomic E-state index is 5.95. The fourth-order valence-electron chi connectivity index (χ4n) is 2.35. The summed E-state index contributed by atoms with van der Waals surface area (Å²) in [6.07, 6.45) is 1.83. The van der Waals surface area contributed by atoms with E-state index in [1.54, 1.807) is 0 Å². The average Bonchev–Trinajstić information content (AvgIpc) is 2.64. The monoisotopic (exact) mass is 301 g/mol. The van der Waals surface area contributed by atoms with Crippen LogP contribution in [0.2, 0.25) is 0 Å². The fourth-order valence-corrected chi connectivity index (χ4v) is 2.99. The molecule has 1 aromatic heterocycles. The maximum absolute atomic E-state index is 5.95. The minimum Gasteiger partial charge on any atom is -0.335 e. The van der Waals surface area contributed by atoms with E-state index in [-0.39, 0.29) is 6.04 Å². The number of hydrogen-bond acceptors (Lipinski definition) is 4. The largest absolute Gasteiger partial charge is 0.335 e. The molecule has 2 rings (SSSR count). The summed E-state index contributed by atoms with van der Waals surface area (Å²) in [5.41, 5.74) is 7.13. The Kier molecular flexibility index (Phi) is 4.19. The van der Waals surface area contributed by atoms with Crippen LogP contribution in [0, 0.1) is 0 Å². The SMILES string of the molecule is CN1CCN(C(CN)c2c(Br)ncn2C)CC1. The number of piperazine rings is 1. The van der Waals surface area contributed by atoms with Crippen LogP contribution in [0.25, 0.3) is 0 Å². The standard InChI is InChI=1S/C11H20BrN5/c1-15-3-5-17(6-4-15)9(7-13)10-11(12)14-8-16(10)2/h8-9H,3-7,13H2,1-2H3. The Bertz CT molecular complexity index is 350. The molecule has 0 amide bonds. The molecule has 0 aromatic carbocycles. The third-order valence-corrected chi connectivity index (χ3v) is 4.06. The summed E-state index contributed by atoms with van der Waals surface area (Å²) in [4.78, 5) is 9.08. The maximum Gasteiger partial charge on any atom is 0.128 e. The van der Waals surface area contributed by atoms with E-state index < -0.39 is 0 Å². The van der Waals surface area contributed by atoms with Gasteiger partial charge in [-0.05, 0) is 23.0 Å². The van der Waals surface area contributed by atoms with Crippen LogP contribution in [0.5, 0.6) is 0 Å². The molecule has 1 fully saturated rings. The first-order valence-electron chi connectivity index (χ1n) is 5.93. The Morgan fingerprint density at radius 1 is 1.35 bits per heavy atom. The predicted molar refractivity (Wildman–Crippen MR) is 71.8 cm³/mol. The Hall–Kier alpha value is -0.430. The first-order valence-corrected chi connectivity index (χ1v) is 6.72. The summed E-state index contributed by atoms with van der Waals surface area (Å²) in [6.45, 7) is 4.96. The summed E-state index contributed by atoms with van der Waals surface area (Å²) in [5.74, 6) is 0. The zero-order chi connectivity index (χ0) is 12.4. The van der Waals surface area contributed by atoms with Crippen molar-refractivity contribution in [1.82, 2.24) is 19.4 Å². The molecule has 1 saturated heterocycles. The molecule has 1 aliphatic heterocycles. The van der Waals surface area contributed by atoms with Crippen molar-refractivity contribution in [2.75, 3.05) is 39.8 Å². The van der Waals surface area contributed by atoms with Gasteiger partial charge in [0.05, 0.1) is 18.1 Å². The lowest BCUT2D eigenvalue weighted by Gasteiger charge is -2.37. The van der Waals surface area contributed by atoms with Crippen LogP contribution in [0.4, 0.5) is 0 Å². The quantitative estimate of drug-likeness (QED) is 0.880. The zero-order valence-electron chi connectivity index (χ0n) is 10.4. The van der Waals surface area contributed by atoms with Crippen LogP contribution in [0.15, 0.2) is 10.9 Å². The van der Waals surface area contributed by atoms with E-state index in [1.165, 1.54) is 5.69 Å². The van der Waals surface area contributed by atoms with E-state index in [0.717, 1.165) is 30.8 Å². The highest BCUT2D eigenvalue weighted by Gasteiger charge is 2.26. The molecule has 96 valence electrons. The van der Waals surface area contributed by atoms with Gasteiger partial charge in [0, 0.05) is 39.8 Å². The van der Waals surface area contributed by atoms with E-state index >= 15 is 0 Å². The van der Waals surface area contributed by atoms with E-state index in [2.05, 4.69) is 42.3 Å². The molecule has 2 heterocycles. The number of nitrogens with two attached hydrogens (primary N) is 1. The van der Waals surface area contributed by atoms with E-state index in [1.807, 2.05) is 13.4 Å². The Morgan fingerprint density at radius 2 is 2.00 bits per heavy atom. The molecular formula is C11H20BrN5. The van der Waals surface area contributed by atoms with Gasteiger partial charge in [-0.1, -0.05) is 0 Å². The number of aromatic nitrogens is 2. The second-order valence-electron chi connectivity index (χ2n) is 4.62. The molecule has 5 nitrogen and oxygen atoms in total. The van der Waals surface area contributed by atoms with Crippen molar-refractivity contribution in [3.8, 4) is 0 Å². The third kappa shape index (κ3) is 2.70. The highest BCUT2D eigenvalue weighted by atomic mass is 79.9. The lowest BCUT2D eigenvalue weighted by atomic mass is 10.1. The fraction of sp³-hybridized carbons (Fsp3) is 0.727. The number of aryl methyl sites for hydroxylation is 1. The van der Waals surface area contributed by atoms with Gasteiger partial charge in [-0.2, -0.15) is 0 Å². The van der Waals surface area contributed by atoms with E-state index in [0.29, 0.717) is 6.54 Å². The number of nitrogens with zero attached hydrogens (tertiary/aromatic N) is 4. The van der Waals surface area contributed by atoms with E-state index in [9.17, 15) is 0 Å². The van der Waals surface area contributed by atoms with Crippen molar-refractivity contribution in [1.29, 1.82) is 0 Å². The van der Waals surface area contributed by atoms with Crippen molar-refractivity contribution in [3.05, 3.63) is 16.6 Å². The number of imidazole rings is 1. The van der Waals surface area contributed by atoms with Crippen LogP contribution >= 0.6 is 15.9 Å². The van der Waals surface area contributed by atoms with Crippen LogP contribution < -0.4 is 5.73 Å². The first kappa shape index (κ1) is 13.0. The van der Waals surface area contributed by atoms with Crippen LogP contribution in [-0.4, -0.2) is 59.1 Å². The van der Waals surface area contributed by atoms with Crippen molar-refractivity contribution in [2.45, 2.75) is 6.04 Å². The number of rotatable bonds is 3. The van der Waals surface area contributed by atoms with Gasteiger partial charge in [-0.25, -0.2) is 4.98 Å². The molecule has 17 heavy (non-hydrogen) atoms. The first-order chi connectivity index (χ1) is 8.13. The van der Waals surface area contributed by atoms with Gasteiger partial charge in [0.1, 0.15) is 4.60 Å². The average molecular weight is 302 g/mol. The van der Waals surface area contributed by atoms with Crippen LogP contribution in [-0.2, 0) is 7.05 Å². The molecule has 1 aromatic rings. The number of halogens is 1. The van der Waals surface area contributed by atoms with Gasteiger partial charge in [0.15, 0.2) is 0 Å². The summed E-state index contributed by atoms with van der Waals surface area (Å²) in [7, 11) is 4.18. The molecule has 2 N–H and O–H groups in total. The van der Waals surface area contributed by atoms with Gasteiger partial charge >= 0.3 is 0 Å². The van der Waals surface area contributed by atoms with Crippen LogP contribution in [0.3, 0.4) is 0 Å². The smallest absolute Gasteiger partial charge is 0.128 e. The molecule has 1 aliphatic rings. The molecule has 1 atom stereocenters. The van der Waals surface area contributed by atoms with Crippen molar-refractivity contribution >= 4 is 15.9 Å². The minimum atomic E-state index is 0.255. The predicted octanol–water partition coefficient (Wildman–Crippen LogP) is 0.430. The third-order valence-electron chi connectivity index (χ3n) is 3.45. The molecule has 0 spiro atoms. The molecule has 0 bridgehead atoms. The highest BCUT2D eigenvalue weighted by Crippen LogP contribution is 2.26. The van der Waals surface area contributed by atoms with Gasteiger partial charge in [0.2, 0.25) is 0 Å². The lowest BCUT2D eigenvalue weighted by Crippen LogP contribution is -2.48. The van der Waals surface area contributed by atoms with Gasteiger partial charge in [0.25, 0.3) is 0 Å². The lowest BCUT2D eigenvalue weighted by molar-refractivity contribution is 0.111. The summed E-state index contributed by atoms with van der Waals surface area (Å²) in [6, 6.07) is 0.255.